The van der Waals surface area contributed by atoms with Crippen molar-refractivity contribution in [3.05, 3.63) is 0 Å². The summed E-state index contributed by atoms with van der Waals surface area (Å²) < 4.78 is 0. The third-order valence-corrected chi connectivity index (χ3v) is 3.82. The molecule has 4 heteroatoms. The standard InChI is InChI=1S/C11H23BN2O/c1-12(15)14-9-5-6-11(14)10-13-7-3-2-4-8-13/h11,15H,2-10H2,1H3. The molecule has 2 saturated heterocycles. The van der Waals surface area contributed by atoms with Gasteiger partial charge in [0.1, 0.15) is 0 Å². The monoisotopic (exact) mass is 210 g/mol. The lowest BCUT2D eigenvalue weighted by Crippen LogP contribution is -2.47. The van der Waals surface area contributed by atoms with Crippen molar-refractivity contribution in [1.29, 1.82) is 0 Å². The summed E-state index contributed by atoms with van der Waals surface area (Å²) in [6.07, 6.45) is 6.65. The third kappa shape index (κ3) is 2.96. The van der Waals surface area contributed by atoms with Crippen molar-refractivity contribution in [2.75, 3.05) is 26.2 Å². The molecule has 2 rings (SSSR count). The van der Waals surface area contributed by atoms with Gasteiger partial charge < -0.3 is 14.7 Å². The number of hydrogen-bond acceptors (Lipinski definition) is 3. The molecule has 0 aromatic carbocycles. The van der Waals surface area contributed by atoms with Crippen molar-refractivity contribution in [3.63, 3.8) is 0 Å². The second-order valence-corrected chi connectivity index (χ2v) is 5.03. The summed E-state index contributed by atoms with van der Waals surface area (Å²) in [5.41, 5.74) is 0. The Labute approximate surface area is 93.6 Å². The van der Waals surface area contributed by atoms with Gasteiger partial charge in [0.15, 0.2) is 0 Å². The molecule has 0 amide bonds. The zero-order valence-corrected chi connectivity index (χ0v) is 9.86. The van der Waals surface area contributed by atoms with Gasteiger partial charge in [-0.2, -0.15) is 0 Å². The normalized spacial score (nSPS) is 29.6. The van der Waals surface area contributed by atoms with E-state index in [2.05, 4.69) is 9.71 Å². The van der Waals surface area contributed by atoms with Gasteiger partial charge in [0, 0.05) is 12.6 Å². The first kappa shape index (κ1) is 11.4. The molecule has 0 bridgehead atoms. The first-order valence-electron chi connectivity index (χ1n) is 6.43. The summed E-state index contributed by atoms with van der Waals surface area (Å²) in [7, 11) is -0.262. The average Bonchev–Trinajstić information content (AvgIpc) is 2.67. The fourth-order valence-corrected chi connectivity index (χ4v) is 2.99. The predicted molar refractivity (Wildman–Crippen MR) is 63.9 cm³/mol. The summed E-state index contributed by atoms with van der Waals surface area (Å²) in [4.78, 5) is 4.84. The Morgan fingerprint density at radius 2 is 1.87 bits per heavy atom. The lowest BCUT2D eigenvalue weighted by atomic mass is 9.84. The van der Waals surface area contributed by atoms with Crippen LogP contribution in [0.3, 0.4) is 0 Å². The van der Waals surface area contributed by atoms with Gasteiger partial charge in [0.05, 0.1) is 0 Å². The number of rotatable bonds is 3. The fraction of sp³-hybridized carbons (Fsp3) is 1.00. The molecule has 0 aromatic heterocycles. The van der Waals surface area contributed by atoms with Crippen molar-refractivity contribution < 1.29 is 5.02 Å². The molecular formula is C11H23BN2O. The highest BCUT2D eigenvalue weighted by atomic mass is 16.2. The van der Waals surface area contributed by atoms with Crippen LogP contribution >= 0.6 is 0 Å². The van der Waals surface area contributed by atoms with E-state index in [-0.39, 0.29) is 7.05 Å². The van der Waals surface area contributed by atoms with Crippen LogP contribution in [-0.2, 0) is 0 Å². The molecule has 0 radical (unpaired) electrons. The molecule has 2 heterocycles. The molecule has 1 unspecified atom stereocenters. The van der Waals surface area contributed by atoms with Crippen molar-refractivity contribution in [2.24, 2.45) is 0 Å². The molecule has 2 aliphatic rings. The second kappa shape index (κ2) is 5.33. The van der Waals surface area contributed by atoms with Crippen LogP contribution in [0.15, 0.2) is 0 Å². The number of hydrogen-bond donors (Lipinski definition) is 1. The highest BCUT2D eigenvalue weighted by Gasteiger charge is 2.31. The molecule has 0 saturated carbocycles. The van der Waals surface area contributed by atoms with Crippen molar-refractivity contribution in [2.45, 2.75) is 45.0 Å². The van der Waals surface area contributed by atoms with E-state index in [9.17, 15) is 5.02 Å². The number of piperidine rings is 1. The molecule has 86 valence electrons. The molecule has 1 N–H and O–H groups in total. The van der Waals surface area contributed by atoms with Gasteiger partial charge in [-0.25, -0.2) is 0 Å². The van der Waals surface area contributed by atoms with Gasteiger partial charge in [0.25, 0.3) is 0 Å². The summed E-state index contributed by atoms with van der Waals surface area (Å²) in [5, 5.41) is 9.66. The van der Waals surface area contributed by atoms with Gasteiger partial charge in [0.2, 0.25) is 0 Å². The van der Waals surface area contributed by atoms with Crippen LogP contribution < -0.4 is 0 Å². The first-order valence-corrected chi connectivity index (χ1v) is 6.43. The zero-order chi connectivity index (χ0) is 10.7. The molecular weight excluding hydrogens is 187 g/mol. The van der Waals surface area contributed by atoms with Crippen molar-refractivity contribution in [3.8, 4) is 0 Å². The SMILES string of the molecule is CB(O)N1CCCC1CN1CCCCC1. The van der Waals surface area contributed by atoms with Gasteiger partial charge >= 0.3 is 7.05 Å². The third-order valence-electron chi connectivity index (χ3n) is 3.82. The van der Waals surface area contributed by atoms with E-state index in [1.807, 2.05) is 6.82 Å². The van der Waals surface area contributed by atoms with E-state index >= 15 is 0 Å². The van der Waals surface area contributed by atoms with Crippen LogP contribution in [0.5, 0.6) is 0 Å². The topological polar surface area (TPSA) is 26.7 Å². The van der Waals surface area contributed by atoms with Gasteiger partial charge in [-0.3, -0.25) is 0 Å². The van der Waals surface area contributed by atoms with E-state index in [4.69, 9.17) is 0 Å². The lowest BCUT2D eigenvalue weighted by Gasteiger charge is -2.33. The number of likely N-dealkylation sites (tertiary alicyclic amines) is 1. The maximum Gasteiger partial charge on any atom is 0.376 e. The molecule has 2 fully saturated rings. The smallest absolute Gasteiger partial charge is 0.376 e. The van der Waals surface area contributed by atoms with Crippen LogP contribution in [-0.4, -0.2) is 54.0 Å². The molecule has 0 spiro atoms. The minimum Gasteiger partial charge on any atom is -0.437 e. The maximum absolute atomic E-state index is 9.66. The summed E-state index contributed by atoms with van der Waals surface area (Å²) in [6.45, 7) is 6.68. The summed E-state index contributed by atoms with van der Waals surface area (Å²) in [5.74, 6) is 0. The minimum atomic E-state index is -0.262. The summed E-state index contributed by atoms with van der Waals surface area (Å²) >= 11 is 0. The van der Waals surface area contributed by atoms with Gasteiger partial charge in [-0.05, 0) is 52.1 Å². The predicted octanol–water partition coefficient (Wildman–Crippen LogP) is 1.05. The lowest BCUT2D eigenvalue weighted by molar-refractivity contribution is 0.182. The molecule has 3 nitrogen and oxygen atoms in total. The van der Waals surface area contributed by atoms with Crippen LogP contribution in [0.4, 0.5) is 0 Å². The number of nitrogens with zero attached hydrogens (tertiary/aromatic N) is 2. The minimum absolute atomic E-state index is 0.262. The summed E-state index contributed by atoms with van der Waals surface area (Å²) in [6, 6.07) is 0.600. The van der Waals surface area contributed by atoms with E-state index in [1.54, 1.807) is 0 Å². The maximum atomic E-state index is 9.66. The molecule has 2 aliphatic heterocycles. The van der Waals surface area contributed by atoms with Gasteiger partial charge in [-0.1, -0.05) is 6.42 Å². The second-order valence-electron chi connectivity index (χ2n) is 5.03. The first-order chi connectivity index (χ1) is 7.27. The van der Waals surface area contributed by atoms with Crippen LogP contribution in [0.1, 0.15) is 32.1 Å². The molecule has 1 atom stereocenters. The van der Waals surface area contributed by atoms with Crippen molar-refractivity contribution in [1.82, 2.24) is 9.71 Å². The highest BCUT2D eigenvalue weighted by Crippen LogP contribution is 2.20. The van der Waals surface area contributed by atoms with E-state index < -0.39 is 0 Å². The van der Waals surface area contributed by atoms with Crippen LogP contribution in [0.2, 0.25) is 6.82 Å². The van der Waals surface area contributed by atoms with Crippen LogP contribution in [0, 0.1) is 0 Å². The average molecular weight is 210 g/mol. The Morgan fingerprint density at radius 1 is 1.13 bits per heavy atom. The Morgan fingerprint density at radius 3 is 2.53 bits per heavy atom. The Kier molecular flexibility index (Phi) is 4.06. The van der Waals surface area contributed by atoms with Crippen molar-refractivity contribution >= 4 is 7.05 Å². The Hall–Kier alpha value is -0.0551. The van der Waals surface area contributed by atoms with E-state index in [0.717, 1.165) is 6.54 Å². The van der Waals surface area contributed by atoms with Gasteiger partial charge in [-0.15, -0.1) is 0 Å². The largest absolute Gasteiger partial charge is 0.437 e. The Balaban J connectivity index is 1.81. The Bertz CT molecular complexity index is 195. The quantitative estimate of drug-likeness (QED) is 0.705. The highest BCUT2D eigenvalue weighted by molar-refractivity contribution is 6.45. The van der Waals surface area contributed by atoms with E-state index in [1.165, 1.54) is 51.7 Å². The fourth-order valence-electron chi connectivity index (χ4n) is 2.99. The molecule has 15 heavy (non-hydrogen) atoms. The zero-order valence-electron chi connectivity index (χ0n) is 9.86. The van der Waals surface area contributed by atoms with E-state index in [0.29, 0.717) is 6.04 Å². The molecule has 0 aliphatic carbocycles. The van der Waals surface area contributed by atoms with Crippen LogP contribution in [0.25, 0.3) is 0 Å². The molecule has 0 aromatic rings.